The van der Waals surface area contributed by atoms with Gasteiger partial charge in [0.1, 0.15) is 11.6 Å². The van der Waals surface area contributed by atoms with E-state index in [9.17, 15) is 18.0 Å². The Bertz CT molecular complexity index is 1170. The Morgan fingerprint density at radius 3 is 2.46 bits per heavy atom. The Balaban J connectivity index is 1.60. The normalized spacial score (nSPS) is 14.9. The first-order valence-electron chi connectivity index (χ1n) is 11.2. The van der Waals surface area contributed by atoms with Crippen LogP contribution in [0, 0.1) is 6.92 Å². The summed E-state index contributed by atoms with van der Waals surface area (Å²) < 4.78 is 41.0. The first-order chi connectivity index (χ1) is 16.7. The number of nitrogens with zero attached hydrogens (tertiary/aromatic N) is 4. The maximum atomic E-state index is 13.0. The number of hydrogen-bond donors (Lipinski definition) is 1. The molecule has 1 amide bonds. The fraction of sp³-hybridized carbons (Fsp3) is 0.320. The standard InChI is InChI=1S/C25H26F3N5O2/c1-17-4-5-18(15-29-17)22-14-19(16-30-23(22)33-11-3-10-32(2)12-13-33)24(34)31-20-6-8-21(9-7-20)35-25(26,27)28/h4-9,14-16H,3,10-13H2,1-2H3,(H,31,34). The van der Waals surface area contributed by atoms with Crippen LogP contribution in [0.5, 0.6) is 5.75 Å². The highest BCUT2D eigenvalue weighted by Gasteiger charge is 2.31. The van der Waals surface area contributed by atoms with Crippen LogP contribution in [0.3, 0.4) is 0 Å². The average molecular weight is 486 g/mol. The van der Waals surface area contributed by atoms with Gasteiger partial charge in [0.05, 0.1) is 5.56 Å². The van der Waals surface area contributed by atoms with Crippen LogP contribution in [0.2, 0.25) is 0 Å². The van der Waals surface area contributed by atoms with E-state index in [0.29, 0.717) is 11.3 Å². The quantitative estimate of drug-likeness (QED) is 0.563. The number of nitrogens with one attached hydrogen (secondary N) is 1. The van der Waals surface area contributed by atoms with Crippen molar-refractivity contribution in [1.29, 1.82) is 0 Å². The van der Waals surface area contributed by atoms with Crippen molar-refractivity contribution in [3.63, 3.8) is 0 Å². The van der Waals surface area contributed by atoms with Crippen molar-refractivity contribution in [3.8, 4) is 16.9 Å². The second kappa shape index (κ2) is 10.3. The number of ether oxygens (including phenoxy) is 1. The van der Waals surface area contributed by atoms with Gasteiger partial charge in [-0.25, -0.2) is 4.98 Å². The van der Waals surface area contributed by atoms with E-state index in [2.05, 4.69) is 36.9 Å². The number of carbonyl (C=O) groups excluding carboxylic acids is 1. The first kappa shape index (κ1) is 24.5. The van der Waals surface area contributed by atoms with Gasteiger partial charge in [0.15, 0.2) is 0 Å². The van der Waals surface area contributed by atoms with E-state index < -0.39 is 12.3 Å². The molecule has 0 spiro atoms. The highest BCUT2D eigenvalue weighted by Crippen LogP contribution is 2.31. The largest absolute Gasteiger partial charge is 0.573 e. The molecular formula is C25H26F3N5O2. The molecule has 0 unspecified atom stereocenters. The summed E-state index contributed by atoms with van der Waals surface area (Å²) in [5.41, 5.74) is 3.18. The molecule has 0 atom stereocenters. The fourth-order valence-corrected chi connectivity index (χ4v) is 3.87. The molecule has 1 saturated heterocycles. The molecule has 7 nitrogen and oxygen atoms in total. The minimum absolute atomic E-state index is 0.326. The first-order valence-corrected chi connectivity index (χ1v) is 11.2. The maximum Gasteiger partial charge on any atom is 0.573 e. The maximum absolute atomic E-state index is 13.0. The number of likely N-dealkylation sites (N-methyl/N-ethyl adjacent to an activating group) is 1. The third-order valence-corrected chi connectivity index (χ3v) is 5.72. The minimum Gasteiger partial charge on any atom is -0.406 e. The lowest BCUT2D eigenvalue weighted by Crippen LogP contribution is -2.30. The van der Waals surface area contributed by atoms with Crippen LogP contribution >= 0.6 is 0 Å². The van der Waals surface area contributed by atoms with Crippen molar-refractivity contribution in [3.05, 3.63) is 66.1 Å². The third-order valence-electron chi connectivity index (χ3n) is 5.72. The molecule has 184 valence electrons. The summed E-state index contributed by atoms with van der Waals surface area (Å²) in [4.78, 5) is 26.5. The molecular weight excluding hydrogens is 459 g/mol. The zero-order valence-corrected chi connectivity index (χ0v) is 19.5. The summed E-state index contributed by atoms with van der Waals surface area (Å²) in [6.45, 7) is 5.48. The summed E-state index contributed by atoms with van der Waals surface area (Å²) in [5, 5.41) is 2.70. The van der Waals surface area contributed by atoms with Crippen molar-refractivity contribution < 1.29 is 22.7 Å². The van der Waals surface area contributed by atoms with Gasteiger partial charge < -0.3 is 19.9 Å². The molecule has 1 fully saturated rings. The van der Waals surface area contributed by atoms with Crippen LogP contribution in [-0.2, 0) is 0 Å². The number of rotatable bonds is 5. The molecule has 1 aromatic carbocycles. The number of halogens is 3. The molecule has 2 aromatic heterocycles. The van der Waals surface area contributed by atoms with Crippen LogP contribution in [0.15, 0.2) is 54.9 Å². The number of aryl methyl sites for hydroxylation is 1. The Kier molecular flexibility index (Phi) is 7.20. The number of amides is 1. The van der Waals surface area contributed by atoms with E-state index in [1.54, 1.807) is 12.3 Å². The molecule has 1 aliphatic heterocycles. The molecule has 0 radical (unpaired) electrons. The molecule has 4 rings (SSSR count). The van der Waals surface area contributed by atoms with Gasteiger partial charge in [-0.15, -0.1) is 13.2 Å². The summed E-state index contributed by atoms with van der Waals surface area (Å²) in [5.74, 6) is 0.000358. The molecule has 0 saturated carbocycles. The van der Waals surface area contributed by atoms with Crippen LogP contribution in [0.4, 0.5) is 24.7 Å². The predicted octanol–water partition coefficient (Wildman–Crippen LogP) is 4.74. The molecule has 0 aliphatic carbocycles. The van der Waals surface area contributed by atoms with Gasteiger partial charge in [-0.2, -0.15) is 0 Å². The van der Waals surface area contributed by atoms with E-state index in [0.717, 1.165) is 67.4 Å². The second-order valence-corrected chi connectivity index (χ2v) is 8.45. The van der Waals surface area contributed by atoms with E-state index in [1.807, 2.05) is 19.1 Å². The summed E-state index contributed by atoms with van der Waals surface area (Å²) >= 11 is 0. The highest BCUT2D eigenvalue weighted by molar-refractivity contribution is 6.05. The van der Waals surface area contributed by atoms with E-state index >= 15 is 0 Å². The highest BCUT2D eigenvalue weighted by atomic mass is 19.4. The number of carbonyl (C=O) groups is 1. The van der Waals surface area contributed by atoms with Crippen molar-refractivity contribution in [2.45, 2.75) is 19.7 Å². The average Bonchev–Trinajstić information content (AvgIpc) is 3.04. The van der Waals surface area contributed by atoms with Crippen molar-refractivity contribution in [2.75, 3.05) is 43.4 Å². The number of anilines is 2. The van der Waals surface area contributed by atoms with Crippen molar-refractivity contribution in [1.82, 2.24) is 14.9 Å². The number of pyridine rings is 2. The van der Waals surface area contributed by atoms with Crippen molar-refractivity contribution >= 4 is 17.4 Å². The van der Waals surface area contributed by atoms with Crippen LogP contribution < -0.4 is 15.0 Å². The summed E-state index contributed by atoms with van der Waals surface area (Å²) in [6, 6.07) is 10.6. The molecule has 1 aliphatic rings. The second-order valence-electron chi connectivity index (χ2n) is 8.45. The van der Waals surface area contributed by atoms with Gasteiger partial charge >= 0.3 is 6.36 Å². The molecule has 10 heteroatoms. The SMILES string of the molecule is Cc1ccc(-c2cc(C(=O)Nc3ccc(OC(F)(F)F)cc3)cnc2N2CCCN(C)CC2)cn1. The van der Waals surface area contributed by atoms with Gasteiger partial charge in [0.2, 0.25) is 0 Å². The zero-order valence-electron chi connectivity index (χ0n) is 19.5. The molecule has 0 bridgehead atoms. The van der Waals surface area contributed by atoms with Crippen molar-refractivity contribution in [2.24, 2.45) is 0 Å². The van der Waals surface area contributed by atoms with Crippen LogP contribution in [0.25, 0.3) is 11.1 Å². The van der Waals surface area contributed by atoms with Crippen LogP contribution in [0.1, 0.15) is 22.5 Å². The van der Waals surface area contributed by atoms with E-state index in [1.165, 1.54) is 18.3 Å². The fourth-order valence-electron chi connectivity index (χ4n) is 3.87. The number of alkyl halides is 3. The van der Waals surface area contributed by atoms with Gasteiger partial charge in [-0.3, -0.25) is 9.78 Å². The van der Waals surface area contributed by atoms with E-state index in [4.69, 9.17) is 0 Å². The lowest BCUT2D eigenvalue weighted by atomic mass is 10.0. The van der Waals surface area contributed by atoms with E-state index in [-0.39, 0.29) is 5.75 Å². The van der Waals surface area contributed by atoms with Gasteiger partial charge in [0.25, 0.3) is 5.91 Å². The predicted molar refractivity (Wildman–Crippen MR) is 128 cm³/mol. The zero-order chi connectivity index (χ0) is 25.0. The monoisotopic (exact) mass is 485 g/mol. The molecule has 35 heavy (non-hydrogen) atoms. The lowest BCUT2D eigenvalue weighted by Gasteiger charge is -2.24. The number of benzene rings is 1. The molecule has 3 aromatic rings. The smallest absolute Gasteiger partial charge is 0.406 e. The lowest BCUT2D eigenvalue weighted by molar-refractivity contribution is -0.274. The Morgan fingerprint density at radius 2 is 1.77 bits per heavy atom. The van der Waals surface area contributed by atoms with Gasteiger partial charge in [-0.05, 0) is 63.3 Å². The number of aromatic nitrogens is 2. The summed E-state index contributed by atoms with van der Waals surface area (Å²) in [7, 11) is 2.09. The minimum atomic E-state index is -4.78. The molecule has 1 N–H and O–H groups in total. The van der Waals surface area contributed by atoms with Gasteiger partial charge in [-0.1, -0.05) is 6.07 Å². The molecule has 3 heterocycles. The Labute approximate surface area is 201 Å². The topological polar surface area (TPSA) is 70.6 Å². The third kappa shape index (κ3) is 6.48. The number of hydrogen-bond acceptors (Lipinski definition) is 6. The van der Waals surface area contributed by atoms with Gasteiger partial charge in [0, 0.05) is 54.5 Å². The van der Waals surface area contributed by atoms with Crippen LogP contribution in [-0.4, -0.2) is 60.4 Å². The summed E-state index contributed by atoms with van der Waals surface area (Å²) in [6.07, 6.45) is -0.491. The Morgan fingerprint density at radius 1 is 1.00 bits per heavy atom. The Hall–Kier alpha value is -3.66.